The Morgan fingerprint density at radius 2 is 2.00 bits per heavy atom. The first kappa shape index (κ1) is 21.4. The van der Waals surface area contributed by atoms with Crippen molar-refractivity contribution in [2.24, 2.45) is 10.9 Å². The number of oxime groups is 1. The molecule has 0 saturated carbocycles. The van der Waals surface area contributed by atoms with Gasteiger partial charge in [0, 0.05) is 10.6 Å². The molecule has 2 aromatic carbocycles. The lowest BCUT2D eigenvalue weighted by molar-refractivity contribution is 0.0516. The molecule has 0 unspecified atom stereocenters. The number of aromatic nitrogens is 2. The number of nitrogens with two attached hydrogens (primary N) is 1. The number of benzene rings is 2. The van der Waals surface area contributed by atoms with Crippen LogP contribution in [0.15, 0.2) is 52.1 Å². The fourth-order valence-electron chi connectivity index (χ4n) is 2.69. The van der Waals surface area contributed by atoms with Crippen LogP contribution in [-0.4, -0.2) is 21.6 Å². The Balaban J connectivity index is 1.74. The van der Waals surface area contributed by atoms with E-state index >= 15 is 0 Å². The predicted octanol–water partition coefficient (Wildman–Crippen LogP) is 5.09. The molecule has 0 aliphatic rings. The zero-order valence-electron chi connectivity index (χ0n) is 15.6. The topological polar surface area (TPSA) is 82.5 Å². The Morgan fingerprint density at radius 1 is 1.24 bits per heavy atom. The Kier molecular flexibility index (Phi) is 6.62. The molecule has 29 heavy (non-hydrogen) atoms. The lowest BCUT2D eigenvalue weighted by atomic mass is 10.1. The number of hydrogen-bond acceptors (Lipinski definition) is 4. The Morgan fingerprint density at radius 3 is 2.66 bits per heavy atom. The minimum Gasteiger partial charge on any atom is -0.380 e. The number of amidine groups is 1. The summed E-state index contributed by atoms with van der Waals surface area (Å²) in [5.41, 5.74) is 9.45. The van der Waals surface area contributed by atoms with Crippen molar-refractivity contribution < 1.29 is 9.63 Å². The van der Waals surface area contributed by atoms with Crippen molar-refractivity contribution in [1.29, 1.82) is 0 Å². The van der Waals surface area contributed by atoms with Gasteiger partial charge in [0.1, 0.15) is 0 Å². The number of aryl methyl sites for hydroxylation is 1. The van der Waals surface area contributed by atoms with E-state index in [0.717, 1.165) is 21.4 Å². The summed E-state index contributed by atoms with van der Waals surface area (Å²) < 4.78 is 2.83. The third-order valence-electron chi connectivity index (χ3n) is 4.22. The van der Waals surface area contributed by atoms with Crippen molar-refractivity contribution in [3.63, 3.8) is 0 Å². The lowest BCUT2D eigenvalue weighted by Crippen LogP contribution is -2.16. The molecule has 9 heteroatoms. The van der Waals surface area contributed by atoms with Crippen LogP contribution in [0, 0.1) is 13.8 Å². The van der Waals surface area contributed by atoms with E-state index in [4.69, 9.17) is 33.8 Å². The maximum absolute atomic E-state index is 12.4. The van der Waals surface area contributed by atoms with Gasteiger partial charge in [-0.3, -0.25) is 4.68 Å². The van der Waals surface area contributed by atoms with Gasteiger partial charge in [0.15, 0.2) is 5.84 Å². The standard InChI is InChI=1S/C20H17BrCl2N4O2/c1-11-18(21)12(2)27(25-11)10-13-4-3-5-14(8-13)20(28)29-26-19(24)16-7-6-15(22)9-17(16)23/h3-9H,10H2,1-2H3,(H2,24,26). The third-order valence-corrected chi connectivity index (χ3v) is 5.92. The molecule has 0 atom stereocenters. The number of hydrogen-bond donors (Lipinski definition) is 1. The van der Waals surface area contributed by atoms with Crippen LogP contribution in [0.3, 0.4) is 0 Å². The molecule has 6 nitrogen and oxygen atoms in total. The predicted molar refractivity (Wildman–Crippen MR) is 118 cm³/mol. The molecule has 3 rings (SSSR count). The zero-order chi connectivity index (χ0) is 21.1. The number of nitrogens with zero attached hydrogens (tertiary/aromatic N) is 3. The fraction of sp³-hybridized carbons (Fsp3) is 0.150. The number of carbonyl (C=O) groups is 1. The first-order valence-electron chi connectivity index (χ1n) is 8.55. The summed E-state index contributed by atoms with van der Waals surface area (Å²) in [7, 11) is 0. The molecule has 1 aromatic heterocycles. The monoisotopic (exact) mass is 494 g/mol. The van der Waals surface area contributed by atoms with Gasteiger partial charge in [0.05, 0.1) is 33.0 Å². The van der Waals surface area contributed by atoms with Crippen LogP contribution in [0.2, 0.25) is 10.0 Å². The Hall–Kier alpha value is -2.35. The summed E-state index contributed by atoms with van der Waals surface area (Å²) in [6.07, 6.45) is 0. The average molecular weight is 496 g/mol. The molecule has 0 aliphatic carbocycles. The van der Waals surface area contributed by atoms with E-state index in [-0.39, 0.29) is 5.84 Å². The van der Waals surface area contributed by atoms with Crippen molar-refractivity contribution in [3.05, 3.63) is 85.1 Å². The maximum atomic E-state index is 12.4. The molecular formula is C20H17BrCl2N4O2. The molecule has 0 amide bonds. The SMILES string of the molecule is Cc1nn(Cc2cccc(C(=O)O/N=C(\N)c3ccc(Cl)cc3Cl)c2)c(C)c1Br. The van der Waals surface area contributed by atoms with Crippen LogP contribution in [0.5, 0.6) is 0 Å². The second kappa shape index (κ2) is 8.98. The highest BCUT2D eigenvalue weighted by Crippen LogP contribution is 2.22. The van der Waals surface area contributed by atoms with Gasteiger partial charge >= 0.3 is 5.97 Å². The molecule has 3 aromatic rings. The fourth-order valence-corrected chi connectivity index (χ4v) is 3.48. The van der Waals surface area contributed by atoms with Crippen molar-refractivity contribution in [2.45, 2.75) is 20.4 Å². The molecule has 0 fully saturated rings. The number of rotatable bonds is 5. The highest BCUT2D eigenvalue weighted by Gasteiger charge is 2.13. The molecule has 0 saturated heterocycles. The van der Waals surface area contributed by atoms with Gasteiger partial charge < -0.3 is 10.6 Å². The van der Waals surface area contributed by atoms with Crippen LogP contribution >= 0.6 is 39.1 Å². The Bertz CT molecular complexity index is 1110. The molecule has 0 aliphatic heterocycles. The first-order chi connectivity index (χ1) is 13.8. The van der Waals surface area contributed by atoms with Gasteiger partial charge in [-0.05, 0) is 65.7 Å². The van der Waals surface area contributed by atoms with Gasteiger partial charge in [-0.1, -0.05) is 40.5 Å². The summed E-state index contributed by atoms with van der Waals surface area (Å²) >= 11 is 15.5. The van der Waals surface area contributed by atoms with Crippen molar-refractivity contribution >= 4 is 50.9 Å². The second-order valence-corrected chi connectivity index (χ2v) is 7.96. The van der Waals surface area contributed by atoms with Gasteiger partial charge in [0.25, 0.3) is 0 Å². The molecule has 1 heterocycles. The van der Waals surface area contributed by atoms with E-state index in [1.165, 1.54) is 6.07 Å². The van der Waals surface area contributed by atoms with Crippen molar-refractivity contribution in [3.8, 4) is 0 Å². The molecule has 0 bridgehead atoms. The van der Waals surface area contributed by atoms with E-state index in [9.17, 15) is 4.79 Å². The van der Waals surface area contributed by atoms with E-state index in [1.54, 1.807) is 30.3 Å². The molecular weight excluding hydrogens is 479 g/mol. The summed E-state index contributed by atoms with van der Waals surface area (Å²) in [5, 5.41) is 8.96. The summed E-state index contributed by atoms with van der Waals surface area (Å²) in [6.45, 7) is 4.42. The van der Waals surface area contributed by atoms with Gasteiger partial charge in [-0.2, -0.15) is 5.10 Å². The minimum atomic E-state index is -0.630. The molecule has 0 spiro atoms. The van der Waals surface area contributed by atoms with Crippen LogP contribution in [0.4, 0.5) is 0 Å². The third kappa shape index (κ3) is 4.98. The largest absolute Gasteiger partial charge is 0.380 e. The van der Waals surface area contributed by atoms with Crippen LogP contribution in [0.1, 0.15) is 32.9 Å². The quantitative estimate of drug-likeness (QED) is 0.231. The van der Waals surface area contributed by atoms with E-state index in [2.05, 4.69) is 26.2 Å². The van der Waals surface area contributed by atoms with E-state index in [0.29, 0.717) is 27.7 Å². The van der Waals surface area contributed by atoms with Gasteiger partial charge in [0.2, 0.25) is 0 Å². The number of carbonyl (C=O) groups excluding carboxylic acids is 1. The first-order valence-corrected chi connectivity index (χ1v) is 10.1. The van der Waals surface area contributed by atoms with Crippen LogP contribution in [0.25, 0.3) is 0 Å². The summed E-state index contributed by atoms with van der Waals surface area (Å²) in [6, 6.07) is 11.8. The summed E-state index contributed by atoms with van der Waals surface area (Å²) in [4.78, 5) is 17.4. The zero-order valence-corrected chi connectivity index (χ0v) is 18.7. The van der Waals surface area contributed by atoms with Gasteiger partial charge in [-0.25, -0.2) is 4.79 Å². The average Bonchev–Trinajstić information content (AvgIpc) is 2.92. The molecule has 2 N–H and O–H groups in total. The molecule has 150 valence electrons. The van der Waals surface area contributed by atoms with Crippen molar-refractivity contribution in [1.82, 2.24) is 9.78 Å². The molecule has 0 radical (unpaired) electrons. The van der Waals surface area contributed by atoms with E-state index < -0.39 is 5.97 Å². The minimum absolute atomic E-state index is 0.0244. The normalized spacial score (nSPS) is 11.6. The van der Waals surface area contributed by atoms with E-state index in [1.807, 2.05) is 24.6 Å². The second-order valence-electron chi connectivity index (χ2n) is 6.32. The van der Waals surface area contributed by atoms with Crippen LogP contribution < -0.4 is 5.73 Å². The number of halogens is 3. The smallest absolute Gasteiger partial charge is 0.365 e. The van der Waals surface area contributed by atoms with Crippen molar-refractivity contribution in [2.75, 3.05) is 0 Å². The highest BCUT2D eigenvalue weighted by molar-refractivity contribution is 9.10. The van der Waals surface area contributed by atoms with Gasteiger partial charge in [-0.15, -0.1) is 0 Å². The lowest BCUT2D eigenvalue weighted by Gasteiger charge is -2.07. The maximum Gasteiger partial charge on any atom is 0.365 e. The van der Waals surface area contributed by atoms with Crippen LogP contribution in [-0.2, 0) is 11.4 Å². The summed E-state index contributed by atoms with van der Waals surface area (Å²) in [5.74, 6) is -0.655. The highest BCUT2D eigenvalue weighted by atomic mass is 79.9. The Labute approximate surface area is 186 Å².